The number of nitrogens with one attached hydrogen (secondary N) is 1. The first-order valence-electron chi connectivity index (χ1n) is 5.93. The minimum absolute atomic E-state index is 0.645. The topological polar surface area (TPSA) is 41.1 Å². The van der Waals surface area contributed by atoms with Crippen LogP contribution in [0.5, 0.6) is 0 Å². The van der Waals surface area contributed by atoms with Gasteiger partial charge in [-0.05, 0) is 32.4 Å². The number of nitrogens with zero attached hydrogens (tertiary/aromatic N) is 3. The van der Waals surface area contributed by atoms with Crippen LogP contribution in [0.4, 0.5) is 5.95 Å². The Bertz CT molecular complexity index is 344. The molecule has 1 aliphatic heterocycles. The fourth-order valence-electron chi connectivity index (χ4n) is 2.12. The van der Waals surface area contributed by atoms with Crippen LogP contribution in [0.2, 0.25) is 0 Å². The van der Waals surface area contributed by atoms with Gasteiger partial charge in [0.05, 0.1) is 0 Å². The number of rotatable bonds is 1. The van der Waals surface area contributed by atoms with E-state index in [2.05, 4.69) is 27.1 Å². The van der Waals surface area contributed by atoms with E-state index in [4.69, 9.17) is 0 Å². The van der Waals surface area contributed by atoms with Crippen molar-refractivity contribution in [2.45, 2.75) is 20.8 Å². The molecule has 4 nitrogen and oxygen atoms in total. The van der Waals surface area contributed by atoms with Crippen LogP contribution >= 0.6 is 0 Å². The largest absolute Gasteiger partial charge is 0.339 e. The normalized spacial score (nSPS) is 21.9. The van der Waals surface area contributed by atoms with Crippen molar-refractivity contribution >= 4 is 5.95 Å². The zero-order valence-electron chi connectivity index (χ0n) is 10.3. The minimum Gasteiger partial charge on any atom is -0.339 e. The van der Waals surface area contributed by atoms with E-state index >= 15 is 0 Å². The summed E-state index contributed by atoms with van der Waals surface area (Å²) in [4.78, 5) is 11.3. The Hall–Kier alpha value is -1.16. The van der Waals surface area contributed by atoms with Crippen LogP contribution in [0.15, 0.2) is 6.07 Å². The number of hydrogen-bond acceptors (Lipinski definition) is 4. The van der Waals surface area contributed by atoms with Crippen molar-refractivity contribution < 1.29 is 0 Å². The molecule has 0 bridgehead atoms. The first-order chi connectivity index (χ1) is 7.65. The maximum absolute atomic E-state index is 4.52. The van der Waals surface area contributed by atoms with E-state index in [9.17, 15) is 0 Å². The Labute approximate surface area is 97.1 Å². The van der Waals surface area contributed by atoms with Crippen molar-refractivity contribution in [2.24, 2.45) is 5.92 Å². The molecule has 0 amide bonds. The lowest BCUT2D eigenvalue weighted by molar-refractivity contribution is 0.561. The van der Waals surface area contributed by atoms with Crippen LogP contribution in [0, 0.1) is 19.8 Å². The Morgan fingerprint density at radius 3 is 2.69 bits per heavy atom. The smallest absolute Gasteiger partial charge is 0.225 e. The molecule has 1 N–H and O–H groups in total. The summed E-state index contributed by atoms with van der Waals surface area (Å²) in [6.45, 7) is 10.4. The van der Waals surface area contributed by atoms with E-state index in [0.29, 0.717) is 5.92 Å². The molecule has 1 aromatic rings. The molecule has 0 aliphatic carbocycles. The van der Waals surface area contributed by atoms with Gasteiger partial charge in [0.25, 0.3) is 0 Å². The molecular weight excluding hydrogens is 200 g/mol. The fourth-order valence-corrected chi connectivity index (χ4v) is 2.12. The first kappa shape index (κ1) is 11.3. The number of hydrogen-bond donors (Lipinski definition) is 1. The van der Waals surface area contributed by atoms with Crippen molar-refractivity contribution in [1.29, 1.82) is 0 Å². The highest BCUT2D eigenvalue weighted by atomic mass is 15.3. The predicted octanol–water partition coefficient (Wildman–Crippen LogP) is 1.14. The predicted molar refractivity (Wildman–Crippen MR) is 65.8 cm³/mol. The third-order valence-corrected chi connectivity index (χ3v) is 2.84. The lowest BCUT2D eigenvalue weighted by atomic mass is 10.2. The number of aromatic nitrogens is 2. The number of anilines is 1. The van der Waals surface area contributed by atoms with Gasteiger partial charge in [0.1, 0.15) is 0 Å². The molecule has 4 heteroatoms. The van der Waals surface area contributed by atoms with E-state index in [1.807, 2.05) is 19.9 Å². The van der Waals surface area contributed by atoms with Crippen molar-refractivity contribution in [3.63, 3.8) is 0 Å². The average molecular weight is 220 g/mol. The van der Waals surface area contributed by atoms with E-state index < -0.39 is 0 Å². The van der Waals surface area contributed by atoms with Gasteiger partial charge in [0, 0.05) is 31.0 Å². The molecule has 1 atom stereocenters. The molecule has 2 rings (SSSR count). The van der Waals surface area contributed by atoms with Gasteiger partial charge < -0.3 is 10.2 Å². The van der Waals surface area contributed by atoms with Crippen LogP contribution in [0.1, 0.15) is 18.3 Å². The van der Waals surface area contributed by atoms with Gasteiger partial charge in [0.15, 0.2) is 0 Å². The van der Waals surface area contributed by atoms with Crippen molar-refractivity contribution in [3.05, 3.63) is 17.5 Å². The maximum Gasteiger partial charge on any atom is 0.225 e. The molecule has 0 radical (unpaired) electrons. The molecule has 0 saturated carbocycles. The SMILES string of the molecule is Cc1cc(C)nc(N2CCNCC(C)C2)n1. The highest BCUT2D eigenvalue weighted by Gasteiger charge is 2.16. The van der Waals surface area contributed by atoms with Gasteiger partial charge >= 0.3 is 0 Å². The van der Waals surface area contributed by atoms with Gasteiger partial charge in [-0.2, -0.15) is 0 Å². The summed E-state index contributed by atoms with van der Waals surface area (Å²) in [6.07, 6.45) is 0. The Kier molecular flexibility index (Phi) is 3.39. The molecule has 88 valence electrons. The van der Waals surface area contributed by atoms with E-state index in [1.54, 1.807) is 0 Å². The summed E-state index contributed by atoms with van der Waals surface area (Å²) >= 11 is 0. The molecule has 1 unspecified atom stereocenters. The summed E-state index contributed by atoms with van der Waals surface area (Å²) in [5.41, 5.74) is 2.10. The average Bonchev–Trinajstić information content (AvgIpc) is 2.41. The van der Waals surface area contributed by atoms with Gasteiger partial charge in [-0.25, -0.2) is 9.97 Å². The second-order valence-corrected chi connectivity index (χ2v) is 4.71. The molecule has 0 aromatic carbocycles. The van der Waals surface area contributed by atoms with E-state index in [1.165, 1.54) is 0 Å². The van der Waals surface area contributed by atoms with E-state index in [-0.39, 0.29) is 0 Å². The fraction of sp³-hybridized carbons (Fsp3) is 0.667. The molecule has 1 fully saturated rings. The summed E-state index contributed by atoms with van der Waals surface area (Å²) in [5, 5.41) is 3.43. The Balaban J connectivity index is 2.21. The lowest BCUT2D eigenvalue weighted by Crippen LogP contribution is -2.31. The van der Waals surface area contributed by atoms with Crippen molar-refractivity contribution in [2.75, 3.05) is 31.1 Å². The quantitative estimate of drug-likeness (QED) is 0.770. The Morgan fingerprint density at radius 2 is 2.00 bits per heavy atom. The van der Waals surface area contributed by atoms with Crippen LogP contribution in [-0.4, -0.2) is 36.1 Å². The second-order valence-electron chi connectivity index (χ2n) is 4.71. The zero-order valence-corrected chi connectivity index (χ0v) is 10.3. The standard InChI is InChI=1S/C12H20N4/c1-9-7-13-4-5-16(8-9)12-14-10(2)6-11(3)15-12/h6,9,13H,4-5,7-8H2,1-3H3. The molecule has 1 saturated heterocycles. The molecule has 16 heavy (non-hydrogen) atoms. The monoisotopic (exact) mass is 220 g/mol. The van der Waals surface area contributed by atoms with Crippen molar-refractivity contribution in [1.82, 2.24) is 15.3 Å². The van der Waals surface area contributed by atoms with Gasteiger partial charge in [0.2, 0.25) is 5.95 Å². The van der Waals surface area contributed by atoms with Crippen LogP contribution < -0.4 is 10.2 Å². The van der Waals surface area contributed by atoms with Gasteiger partial charge in [-0.1, -0.05) is 6.92 Å². The van der Waals surface area contributed by atoms with Gasteiger partial charge in [-0.3, -0.25) is 0 Å². The van der Waals surface area contributed by atoms with Crippen LogP contribution in [0.25, 0.3) is 0 Å². The second kappa shape index (κ2) is 4.78. The third-order valence-electron chi connectivity index (χ3n) is 2.84. The summed E-state index contributed by atoms with van der Waals surface area (Å²) in [5.74, 6) is 1.53. The highest BCUT2D eigenvalue weighted by Crippen LogP contribution is 2.13. The Morgan fingerprint density at radius 1 is 1.31 bits per heavy atom. The van der Waals surface area contributed by atoms with E-state index in [0.717, 1.165) is 43.5 Å². The summed E-state index contributed by atoms with van der Waals surface area (Å²) in [7, 11) is 0. The molecule has 1 aliphatic rings. The molecule has 2 heterocycles. The minimum atomic E-state index is 0.645. The molecular formula is C12H20N4. The van der Waals surface area contributed by atoms with Gasteiger partial charge in [-0.15, -0.1) is 0 Å². The number of aryl methyl sites for hydroxylation is 2. The third kappa shape index (κ3) is 2.70. The molecule has 0 spiro atoms. The first-order valence-corrected chi connectivity index (χ1v) is 5.93. The van der Waals surface area contributed by atoms with Crippen molar-refractivity contribution in [3.8, 4) is 0 Å². The summed E-state index contributed by atoms with van der Waals surface area (Å²) in [6, 6.07) is 2.02. The van der Waals surface area contributed by atoms with Crippen LogP contribution in [-0.2, 0) is 0 Å². The maximum atomic E-state index is 4.52. The molecule has 1 aromatic heterocycles. The van der Waals surface area contributed by atoms with Crippen LogP contribution in [0.3, 0.4) is 0 Å². The highest BCUT2D eigenvalue weighted by molar-refractivity contribution is 5.32. The lowest BCUT2D eigenvalue weighted by Gasteiger charge is -2.22. The zero-order chi connectivity index (χ0) is 11.5. The summed E-state index contributed by atoms with van der Waals surface area (Å²) < 4.78 is 0.